The summed E-state index contributed by atoms with van der Waals surface area (Å²) in [4.78, 5) is 9.82. The van der Waals surface area contributed by atoms with Crippen molar-refractivity contribution in [3.8, 4) is 6.07 Å². The third-order valence-electron chi connectivity index (χ3n) is 1.48. The lowest BCUT2D eigenvalue weighted by Gasteiger charge is -2.05. The molecule has 0 fully saturated rings. The van der Waals surface area contributed by atoms with Crippen molar-refractivity contribution in [3.05, 3.63) is 27.2 Å². The number of nitrogens with zero attached hydrogens (tertiary/aromatic N) is 1. The maximum atomic E-state index is 9.82. The number of nitrogens with one attached hydrogen (secondary N) is 1. The largest absolute Gasteiger partial charge is 0.321 e. The number of benzene rings is 1. The van der Waals surface area contributed by atoms with E-state index in [1.165, 1.54) is 6.92 Å². The van der Waals surface area contributed by atoms with E-state index in [9.17, 15) is 4.79 Å². The van der Waals surface area contributed by atoms with E-state index in [1.54, 1.807) is 18.2 Å². The second kappa shape index (κ2) is 8.15. The third kappa shape index (κ3) is 6.35. The Kier molecular flexibility index (Phi) is 7.68. The molecule has 0 aliphatic carbocycles. The number of halogens is 3. The lowest BCUT2D eigenvalue weighted by atomic mass is 10.3. The van der Waals surface area contributed by atoms with E-state index in [4.69, 9.17) is 45.9 Å². The molecule has 0 saturated carbocycles. The third-order valence-corrected chi connectivity index (χ3v) is 2.29. The molecule has 1 aromatic carbocycles. The van der Waals surface area contributed by atoms with Gasteiger partial charge >= 0.3 is 0 Å². The van der Waals surface area contributed by atoms with Gasteiger partial charge in [-0.2, -0.15) is 5.26 Å². The van der Waals surface area contributed by atoms with Crippen LogP contribution in [0.2, 0.25) is 15.1 Å². The molecule has 1 rings (SSSR count). The minimum absolute atomic E-state index is 0.0417. The number of nitrogens with two attached hydrogens (primary N) is 1. The number of hydrogen-bond donors (Lipinski definition) is 2. The highest BCUT2D eigenvalue weighted by Gasteiger charge is 2.04. The van der Waals surface area contributed by atoms with Crippen LogP contribution in [-0.2, 0) is 4.79 Å². The van der Waals surface area contributed by atoms with Gasteiger partial charge in [0, 0.05) is 5.02 Å². The van der Waals surface area contributed by atoms with Crippen LogP contribution in [-0.4, -0.2) is 5.78 Å². The van der Waals surface area contributed by atoms with E-state index in [0.717, 1.165) is 0 Å². The van der Waals surface area contributed by atoms with E-state index in [0.29, 0.717) is 20.8 Å². The quantitative estimate of drug-likeness (QED) is 0.647. The van der Waals surface area contributed by atoms with Crippen molar-refractivity contribution < 1.29 is 4.79 Å². The fraction of sp³-hybridized carbons (Fsp3) is 0.200. The summed E-state index contributed by atoms with van der Waals surface area (Å²) < 4.78 is 0. The smallest absolute Gasteiger partial charge is 0.143 e. The van der Waals surface area contributed by atoms with Crippen molar-refractivity contribution in [2.75, 3.05) is 5.43 Å². The molecule has 92 valence electrons. The van der Waals surface area contributed by atoms with Gasteiger partial charge in [0.2, 0.25) is 0 Å². The van der Waals surface area contributed by atoms with E-state index in [-0.39, 0.29) is 12.2 Å². The summed E-state index contributed by atoms with van der Waals surface area (Å²) >= 11 is 17.1. The first-order chi connectivity index (χ1) is 7.92. The Morgan fingerprint density at radius 2 is 1.88 bits per heavy atom. The first-order valence-corrected chi connectivity index (χ1v) is 5.53. The van der Waals surface area contributed by atoms with Gasteiger partial charge in [-0.15, -0.1) is 0 Å². The molecule has 0 unspecified atom stereocenters. The van der Waals surface area contributed by atoms with Gasteiger partial charge in [-0.25, -0.2) is 0 Å². The molecular weight excluding hydrogens is 284 g/mol. The number of carbonyl (C=O) groups excluding carboxylic acids is 1. The number of rotatable bonds is 2. The standard InChI is InChI=1S/C6H5Cl3N2.C4H5NO/c7-3-1-4(8)6(11-10)5(9)2-3;1-4(6)2-3-5/h1-2,11H,10H2;2H2,1H3. The van der Waals surface area contributed by atoms with E-state index in [2.05, 4.69) is 5.43 Å². The maximum Gasteiger partial charge on any atom is 0.143 e. The molecule has 1 aromatic rings. The number of hydrogen-bond acceptors (Lipinski definition) is 4. The second-order valence-corrected chi connectivity index (χ2v) is 4.18. The summed E-state index contributed by atoms with van der Waals surface area (Å²) in [7, 11) is 0. The average Bonchev–Trinajstić information content (AvgIpc) is 2.17. The van der Waals surface area contributed by atoms with Crippen molar-refractivity contribution in [1.29, 1.82) is 5.26 Å². The molecule has 4 nitrogen and oxygen atoms in total. The first-order valence-electron chi connectivity index (χ1n) is 4.40. The monoisotopic (exact) mass is 293 g/mol. The van der Waals surface area contributed by atoms with Crippen LogP contribution in [0.15, 0.2) is 12.1 Å². The highest BCUT2D eigenvalue weighted by Crippen LogP contribution is 2.32. The SMILES string of the molecule is CC(=O)CC#N.NNc1c(Cl)cc(Cl)cc1Cl. The van der Waals surface area contributed by atoms with Crippen LogP contribution in [0.25, 0.3) is 0 Å². The van der Waals surface area contributed by atoms with Crippen LogP contribution in [0.1, 0.15) is 13.3 Å². The number of Topliss-reactive ketones (excluding diaryl/α,β-unsaturated/α-hetero) is 1. The summed E-state index contributed by atoms with van der Waals surface area (Å²) in [5.41, 5.74) is 2.85. The Balaban J connectivity index is 0.000000366. The lowest BCUT2D eigenvalue weighted by molar-refractivity contribution is -0.116. The number of nitriles is 1. The van der Waals surface area contributed by atoms with Gasteiger partial charge in [0.1, 0.15) is 5.78 Å². The molecule has 0 heterocycles. The van der Waals surface area contributed by atoms with Gasteiger partial charge in [-0.05, 0) is 19.1 Å². The van der Waals surface area contributed by atoms with Gasteiger partial charge in [0.15, 0.2) is 0 Å². The van der Waals surface area contributed by atoms with Gasteiger partial charge in [-0.1, -0.05) is 34.8 Å². The predicted octanol–water partition coefficient (Wildman–Crippen LogP) is 3.42. The van der Waals surface area contributed by atoms with Crippen molar-refractivity contribution in [3.63, 3.8) is 0 Å². The van der Waals surface area contributed by atoms with E-state index in [1.807, 2.05) is 0 Å². The Bertz CT molecular complexity index is 420. The Morgan fingerprint density at radius 3 is 2.12 bits per heavy atom. The number of hydrazine groups is 1. The van der Waals surface area contributed by atoms with Crippen LogP contribution in [0.3, 0.4) is 0 Å². The summed E-state index contributed by atoms with van der Waals surface area (Å²) in [5, 5.41) is 9.07. The molecule has 0 radical (unpaired) electrons. The van der Waals surface area contributed by atoms with Crippen LogP contribution in [0.5, 0.6) is 0 Å². The molecule has 0 saturated heterocycles. The average molecular weight is 295 g/mol. The highest BCUT2D eigenvalue weighted by atomic mass is 35.5. The van der Waals surface area contributed by atoms with Crippen LogP contribution in [0.4, 0.5) is 5.69 Å². The Hall–Kier alpha value is -0.990. The lowest BCUT2D eigenvalue weighted by Crippen LogP contribution is -2.07. The van der Waals surface area contributed by atoms with Crippen LogP contribution >= 0.6 is 34.8 Å². The summed E-state index contributed by atoms with van der Waals surface area (Å²) in [6, 6.07) is 4.84. The van der Waals surface area contributed by atoms with Gasteiger partial charge in [0.05, 0.1) is 28.2 Å². The van der Waals surface area contributed by atoms with Crippen molar-refractivity contribution in [1.82, 2.24) is 0 Å². The fourth-order valence-electron chi connectivity index (χ4n) is 0.791. The summed E-state index contributed by atoms with van der Waals surface area (Å²) in [5.74, 6) is 5.07. The molecule has 0 amide bonds. The molecule has 7 heteroatoms. The van der Waals surface area contributed by atoms with Crippen molar-refractivity contribution in [2.45, 2.75) is 13.3 Å². The van der Waals surface area contributed by atoms with Gasteiger partial charge in [-0.3, -0.25) is 10.6 Å². The first kappa shape index (κ1) is 16.0. The van der Waals surface area contributed by atoms with Gasteiger partial charge in [0.25, 0.3) is 0 Å². The minimum Gasteiger partial charge on any atom is -0.321 e. The molecule has 0 aliphatic heterocycles. The zero-order chi connectivity index (χ0) is 13.4. The van der Waals surface area contributed by atoms with E-state index >= 15 is 0 Å². The normalized spacial score (nSPS) is 8.71. The number of anilines is 1. The van der Waals surface area contributed by atoms with Crippen molar-refractivity contribution >= 4 is 46.3 Å². The number of nitrogen functional groups attached to an aromatic ring is 1. The number of carbonyl (C=O) groups is 1. The fourth-order valence-corrected chi connectivity index (χ4v) is 1.72. The molecule has 0 bridgehead atoms. The minimum atomic E-state index is -0.0718. The van der Waals surface area contributed by atoms with E-state index < -0.39 is 0 Å². The van der Waals surface area contributed by atoms with Crippen LogP contribution < -0.4 is 11.3 Å². The predicted molar refractivity (Wildman–Crippen MR) is 70.2 cm³/mol. The van der Waals surface area contributed by atoms with Crippen LogP contribution in [0, 0.1) is 11.3 Å². The topological polar surface area (TPSA) is 78.9 Å². The molecule has 0 aromatic heterocycles. The molecular formula is C10H10Cl3N3O. The Morgan fingerprint density at radius 1 is 1.41 bits per heavy atom. The van der Waals surface area contributed by atoms with Gasteiger partial charge < -0.3 is 5.43 Å². The molecule has 3 N–H and O–H groups in total. The summed E-state index contributed by atoms with van der Waals surface area (Å²) in [6.07, 6.45) is 0.0417. The Labute approximate surface area is 114 Å². The summed E-state index contributed by atoms with van der Waals surface area (Å²) in [6.45, 7) is 1.39. The maximum absolute atomic E-state index is 9.82. The highest BCUT2D eigenvalue weighted by molar-refractivity contribution is 6.41. The number of ketones is 1. The zero-order valence-electron chi connectivity index (χ0n) is 8.93. The molecule has 17 heavy (non-hydrogen) atoms. The molecule has 0 spiro atoms. The molecule has 0 aliphatic rings. The molecule has 0 atom stereocenters. The zero-order valence-corrected chi connectivity index (χ0v) is 11.2. The second-order valence-electron chi connectivity index (χ2n) is 2.93. The van der Waals surface area contributed by atoms with Crippen molar-refractivity contribution in [2.24, 2.45) is 5.84 Å².